The minimum absolute atomic E-state index is 0.163. The molecule has 0 radical (unpaired) electrons. The number of thiazole rings is 1. The topological polar surface area (TPSA) is 108 Å². The van der Waals surface area contributed by atoms with E-state index >= 15 is 0 Å². The number of nitrogens with one attached hydrogen (secondary N) is 2. The standard InChI is InChI=1S/C25H26N6O3S/c1-17-13-19(34-12-9-31-7-10-33-11-8-31)4-5-21(17)30-28-16-23-29-25(32)22(35-23)14-18-15-27-24-20(18)3-2-6-26-24/h2-6,13-16H,7-12H2,1H3,(H,26,27)(H,29,32)/b22-14-,23-16-,30-28?. The quantitative estimate of drug-likeness (QED) is 0.387. The second-order valence-corrected chi connectivity index (χ2v) is 9.25. The molecule has 5 rings (SSSR count). The van der Waals surface area contributed by atoms with Crippen LogP contribution in [0.2, 0.25) is 0 Å². The molecule has 3 aromatic heterocycles. The first-order valence-electron chi connectivity index (χ1n) is 11.4. The third-order valence-electron chi connectivity index (χ3n) is 5.74. The maximum Gasteiger partial charge on any atom is 0.266 e. The van der Waals surface area contributed by atoms with Gasteiger partial charge in [-0.15, -0.1) is 11.3 Å². The van der Waals surface area contributed by atoms with Crippen LogP contribution in [0.15, 0.2) is 57.7 Å². The first kappa shape index (κ1) is 23.2. The third kappa shape index (κ3) is 5.73. The van der Waals surface area contributed by atoms with Crippen LogP contribution in [-0.4, -0.2) is 59.3 Å². The molecule has 4 heterocycles. The highest BCUT2D eigenvalue weighted by molar-refractivity contribution is 7.07. The fourth-order valence-corrected chi connectivity index (χ4v) is 4.66. The predicted molar refractivity (Wildman–Crippen MR) is 137 cm³/mol. The molecule has 10 heteroatoms. The number of hydrogen-bond acceptors (Lipinski definition) is 8. The molecule has 0 atom stereocenters. The summed E-state index contributed by atoms with van der Waals surface area (Å²) in [6.07, 6.45) is 6.99. The van der Waals surface area contributed by atoms with E-state index in [1.807, 2.05) is 49.5 Å². The Bertz CT molecular complexity index is 1510. The Morgan fingerprint density at radius 2 is 2.17 bits per heavy atom. The van der Waals surface area contributed by atoms with Gasteiger partial charge in [0.15, 0.2) is 0 Å². The molecule has 0 amide bonds. The van der Waals surface area contributed by atoms with Crippen LogP contribution in [0.3, 0.4) is 0 Å². The number of fused-ring (bicyclic) bond motifs is 1. The lowest BCUT2D eigenvalue weighted by molar-refractivity contribution is 0.0322. The Labute approximate surface area is 205 Å². The van der Waals surface area contributed by atoms with Crippen molar-refractivity contribution in [3.63, 3.8) is 0 Å². The number of ether oxygens (including phenoxy) is 2. The van der Waals surface area contributed by atoms with Gasteiger partial charge in [-0.05, 0) is 48.9 Å². The maximum absolute atomic E-state index is 12.4. The van der Waals surface area contributed by atoms with Gasteiger partial charge in [0, 0.05) is 43.0 Å². The summed E-state index contributed by atoms with van der Waals surface area (Å²) in [7, 11) is 0. The van der Waals surface area contributed by atoms with Gasteiger partial charge in [0.2, 0.25) is 0 Å². The fourth-order valence-electron chi connectivity index (χ4n) is 3.85. The minimum atomic E-state index is -0.163. The molecule has 1 aromatic carbocycles. The van der Waals surface area contributed by atoms with Gasteiger partial charge in [0.05, 0.1) is 29.6 Å². The number of pyridine rings is 1. The number of nitrogens with zero attached hydrogens (tertiary/aromatic N) is 4. The average molecular weight is 491 g/mol. The molecular weight excluding hydrogens is 464 g/mol. The van der Waals surface area contributed by atoms with Gasteiger partial charge < -0.3 is 19.4 Å². The van der Waals surface area contributed by atoms with Crippen molar-refractivity contribution in [2.75, 3.05) is 39.5 Å². The molecule has 1 saturated heterocycles. The number of hydrogen-bond donors (Lipinski definition) is 2. The Morgan fingerprint density at radius 1 is 1.29 bits per heavy atom. The molecule has 35 heavy (non-hydrogen) atoms. The zero-order valence-corrected chi connectivity index (χ0v) is 20.2. The normalized spacial score (nSPS) is 16.0. The van der Waals surface area contributed by atoms with Crippen molar-refractivity contribution in [2.24, 2.45) is 10.2 Å². The van der Waals surface area contributed by atoms with E-state index in [0.29, 0.717) is 15.8 Å². The maximum atomic E-state index is 12.4. The molecule has 1 aliphatic rings. The van der Waals surface area contributed by atoms with Gasteiger partial charge in [0.1, 0.15) is 22.7 Å². The lowest BCUT2D eigenvalue weighted by Crippen LogP contribution is -2.38. The Kier molecular flexibility index (Phi) is 7.12. The van der Waals surface area contributed by atoms with E-state index in [-0.39, 0.29) is 5.56 Å². The Hall–Kier alpha value is -3.60. The fraction of sp³-hybridized carbons (Fsp3) is 0.280. The molecule has 0 unspecified atom stereocenters. The summed E-state index contributed by atoms with van der Waals surface area (Å²) in [6, 6.07) is 9.59. The molecule has 180 valence electrons. The summed E-state index contributed by atoms with van der Waals surface area (Å²) < 4.78 is 12.5. The van der Waals surface area contributed by atoms with Gasteiger partial charge in [-0.25, -0.2) is 4.98 Å². The van der Waals surface area contributed by atoms with E-state index in [0.717, 1.165) is 66.4 Å². The summed E-state index contributed by atoms with van der Waals surface area (Å²) >= 11 is 1.33. The van der Waals surface area contributed by atoms with Crippen LogP contribution in [-0.2, 0) is 4.74 Å². The highest BCUT2D eigenvalue weighted by Gasteiger charge is 2.10. The monoisotopic (exact) mass is 490 g/mol. The summed E-state index contributed by atoms with van der Waals surface area (Å²) in [5.74, 6) is 0.814. The van der Waals surface area contributed by atoms with Crippen molar-refractivity contribution < 1.29 is 9.47 Å². The summed E-state index contributed by atoms with van der Waals surface area (Å²) in [5.41, 5.74) is 3.25. The molecule has 0 bridgehead atoms. The van der Waals surface area contributed by atoms with Crippen LogP contribution >= 0.6 is 11.3 Å². The van der Waals surface area contributed by atoms with Crippen LogP contribution in [0.1, 0.15) is 11.1 Å². The van der Waals surface area contributed by atoms with Crippen LogP contribution in [0.4, 0.5) is 5.69 Å². The third-order valence-corrected chi connectivity index (χ3v) is 6.69. The van der Waals surface area contributed by atoms with Gasteiger partial charge >= 0.3 is 0 Å². The number of morpholine rings is 1. The first-order chi connectivity index (χ1) is 17.2. The van der Waals surface area contributed by atoms with E-state index in [2.05, 4.69) is 30.1 Å². The lowest BCUT2D eigenvalue weighted by Gasteiger charge is -2.26. The number of H-pyrrole nitrogens is 2. The van der Waals surface area contributed by atoms with Crippen LogP contribution in [0.25, 0.3) is 23.3 Å². The van der Waals surface area contributed by atoms with Crippen molar-refractivity contribution in [3.8, 4) is 5.75 Å². The predicted octanol–water partition coefficient (Wildman–Crippen LogP) is 2.68. The highest BCUT2D eigenvalue weighted by Crippen LogP contribution is 2.24. The largest absolute Gasteiger partial charge is 0.492 e. The molecule has 4 aromatic rings. The van der Waals surface area contributed by atoms with Crippen LogP contribution in [0, 0.1) is 6.92 Å². The molecule has 2 N–H and O–H groups in total. The molecule has 0 aliphatic carbocycles. The van der Waals surface area contributed by atoms with E-state index in [4.69, 9.17) is 9.47 Å². The van der Waals surface area contributed by atoms with Gasteiger partial charge in [-0.2, -0.15) is 10.2 Å². The van der Waals surface area contributed by atoms with Crippen LogP contribution in [0.5, 0.6) is 5.75 Å². The van der Waals surface area contributed by atoms with E-state index < -0.39 is 0 Å². The van der Waals surface area contributed by atoms with Crippen molar-refractivity contribution in [3.05, 3.63) is 73.4 Å². The molecule has 1 aliphatic heterocycles. The highest BCUT2D eigenvalue weighted by atomic mass is 32.1. The SMILES string of the molecule is Cc1cc(OCCN2CCOCC2)ccc1N=N/C=c1/[nH]c(=O)/c(=C/c2c[nH]c3ncccc23)s1. The van der Waals surface area contributed by atoms with E-state index in [1.165, 1.54) is 11.3 Å². The number of benzene rings is 1. The average Bonchev–Trinajstić information content (AvgIpc) is 3.44. The summed E-state index contributed by atoms with van der Waals surface area (Å²) in [6.45, 7) is 6.97. The summed E-state index contributed by atoms with van der Waals surface area (Å²) in [4.78, 5) is 25.0. The van der Waals surface area contributed by atoms with Gasteiger partial charge in [-0.3, -0.25) is 9.69 Å². The van der Waals surface area contributed by atoms with E-state index in [1.54, 1.807) is 12.4 Å². The lowest BCUT2D eigenvalue weighted by atomic mass is 10.2. The number of azo groups is 1. The Morgan fingerprint density at radius 3 is 3.03 bits per heavy atom. The smallest absolute Gasteiger partial charge is 0.266 e. The molecular formula is C25H26N6O3S. The minimum Gasteiger partial charge on any atom is -0.492 e. The number of aryl methyl sites for hydroxylation is 1. The van der Waals surface area contributed by atoms with Gasteiger partial charge in [0.25, 0.3) is 5.56 Å². The zero-order valence-electron chi connectivity index (χ0n) is 19.4. The van der Waals surface area contributed by atoms with Crippen molar-refractivity contribution in [2.45, 2.75) is 6.92 Å². The van der Waals surface area contributed by atoms with Crippen LogP contribution < -0.4 is 19.5 Å². The molecule has 1 fully saturated rings. The van der Waals surface area contributed by atoms with Crippen molar-refractivity contribution in [1.82, 2.24) is 19.9 Å². The zero-order chi connectivity index (χ0) is 24.0. The van der Waals surface area contributed by atoms with Crippen molar-refractivity contribution >= 4 is 40.3 Å². The van der Waals surface area contributed by atoms with Crippen molar-refractivity contribution in [1.29, 1.82) is 0 Å². The number of aromatic amines is 2. The van der Waals surface area contributed by atoms with Gasteiger partial charge in [-0.1, -0.05) is 0 Å². The summed E-state index contributed by atoms with van der Waals surface area (Å²) in [5, 5.41) is 9.45. The molecule has 9 nitrogen and oxygen atoms in total. The first-order valence-corrected chi connectivity index (χ1v) is 12.2. The number of rotatable bonds is 7. The second kappa shape index (κ2) is 10.8. The number of aromatic nitrogens is 3. The Balaban J connectivity index is 1.25. The molecule has 0 saturated carbocycles. The molecule has 0 spiro atoms. The second-order valence-electron chi connectivity index (χ2n) is 8.17. The van der Waals surface area contributed by atoms with E-state index in [9.17, 15) is 4.79 Å².